The summed E-state index contributed by atoms with van der Waals surface area (Å²) in [6.45, 7) is 0. The van der Waals surface area contributed by atoms with Crippen LogP contribution in [0.5, 0.6) is 0 Å². The first-order valence-electron chi connectivity index (χ1n) is 8.54. The molecule has 5 aromatic rings. The predicted molar refractivity (Wildman–Crippen MR) is 108 cm³/mol. The highest BCUT2D eigenvalue weighted by Crippen LogP contribution is 2.36. The van der Waals surface area contributed by atoms with Crippen molar-refractivity contribution in [2.45, 2.75) is 0 Å². The number of fused-ring (bicyclic) bond motifs is 1. The van der Waals surface area contributed by atoms with E-state index in [9.17, 15) is 0 Å². The highest BCUT2D eigenvalue weighted by molar-refractivity contribution is 7.18. The second-order valence-corrected chi connectivity index (χ2v) is 7.23. The lowest BCUT2D eigenvalue weighted by atomic mass is 10.1. The average molecular weight is 369 g/mol. The van der Waals surface area contributed by atoms with Crippen molar-refractivity contribution < 1.29 is 0 Å². The minimum absolute atomic E-state index is 0.858. The minimum atomic E-state index is 0.858. The van der Waals surface area contributed by atoms with Crippen molar-refractivity contribution in [2.24, 2.45) is 7.05 Å². The molecule has 0 aliphatic rings. The summed E-state index contributed by atoms with van der Waals surface area (Å²) >= 11 is 1.62. The van der Waals surface area contributed by atoms with Crippen molar-refractivity contribution in [3.05, 3.63) is 73.4 Å². The molecule has 5 heterocycles. The third kappa shape index (κ3) is 2.80. The Balaban J connectivity index is 1.70. The van der Waals surface area contributed by atoms with Gasteiger partial charge in [-0.3, -0.25) is 9.97 Å². The topological polar surface area (TPSA) is 56.5 Å². The van der Waals surface area contributed by atoms with Crippen LogP contribution in [0.1, 0.15) is 0 Å². The molecule has 0 radical (unpaired) electrons. The summed E-state index contributed by atoms with van der Waals surface area (Å²) in [4.78, 5) is 19.2. The molecule has 130 valence electrons. The summed E-state index contributed by atoms with van der Waals surface area (Å²) in [5.74, 6) is 0. The van der Waals surface area contributed by atoms with Crippen molar-refractivity contribution in [3.8, 4) is 32.5 Å². The van der Waals surface area contributed by atoms with Gasteiger partial charge in [0.1, 0.15) is 5.01 Å². The van der Waals surface area contributed by atoms with Gasteiger partial charge in [-0.2, -0.15) is 0 Å². The largest absolute Gasteiger partial charge is 0.350 e. The van der Waals surface area contributed by atoms with Gasteiger partial charge in [-0.25, -0.2) is 9.97 Å². The molecule has 0 aliphatic carbocycles. The first-order chi connectivity index (χ1) is 13.3. The van der Waals surface area contributed by atoms with Crippen LogP contribution in [0.3, 0.4) is 0 Å². The number of thiazole rings is 1. The summed E-state index contributed by atoms with van der Waals surface area (Å²) in [5, 5.41) is 2.05. The molecule has 0 atom stereocenters. The molecule has 0 aliphatic heterocycles. The lowest BCUT2D eigenvalue weighted by Crippen LogP contribution is -1.92. The molecular weight excluding hydrogens is 354 g/mol. The molecule has 0 bridgehead atoms. The quantitative estimate of drug-likeness (QED) is 0.457. The van der Waals surface area contributed by atoms with Gasteiger partial charge in [-0.15, -0.1) is 11.3 Å². The number of nitrogens with zero attached hydrogens (tertiary/aromatic N) is 5. The maximum Gasteiger partial charge on any atom is 0.125 e. The Morgan fingerprint density at radius 2 is 1.89 bits per heavy atom. The van der Waals surface area contributed by atoms with E-state index in [1.807, 2.05) is 49.8 Å². The van der Waals surface area contributed by atoms with Gasteiger partial charge in [0.15, 0.2) is 0 Å². The zero-order valence-corrected chi connectivity index (χ0v) is 15.4. The zero-order valence-electron chi connectivity index (χ0n) is 14.6. The van der Waals surface area contributed by atoms with E-state index in [4.69, 9.17) is 4.98 Å². The molecule has 6 heteroatoms. The number of rotatable bonds is 3. The van der Waals surface area contributed by atoms with Gasteiger partial charge < -0.3 is 4.57 Å². The highest BCUT2D eigenvalue weighted by atomic mass is 32.1. The Labute approximate surface area is 160 Å². The van der Waals surface area contributed by atoms with Gasteiger partial charge in [0.25, 0.3) is 0 Å². The summed E-state index contributed by atoms with van der Waals surface area (Å²) in [5.41, 5.74) is 4.78. The van der Waals surface area contributed by atoms with Crippen LogP contribution in [0.4, 0.5) is 0 Å². The number of hydrogen-bond donors (Lipinski definition) is 0. The SMILES string of the molecule is Cn1ccc2c(-c3cnc(-c4cccnc4)s3)nc(-c3ccccn3)cc21. The van der Waals surface area contributed by atoms with Gasteiger partial charge in [-0.1, -0.05) is 6.07 Å². The molecule has 27 heavy (non-hydrogen) atoms. The van der Waals surface area contributed by atoms with Crippen molar-refractivity contribution in [1.29, 1.82) is 0 Å². The second-order valence-electron chi connectivity index (χ2n) is 6.20. The smallest absolute Gasteiger partial charge is 0.125 e. The first kappa shape index (κ1) is 15.8. The number of aromatic nitrogens is 5. The van der Waals surface area contributed by atoms with Crippen molar-refractivity contribution in [1.82, 2.24) is 24.5 Å². The van der Waals surface area contributed by atoms with Crippen LogP contribution in [0, 0.1) is 0 Å². The van der Waals surface area contributed by atoms with Crippen molar-refractivity contribution >= 4 is 22.2 Å². The lowest BCUT2D eigenvalue weighted by Gasteiger charge is -2.06. The van der Waals surface area contributed by atoms with E-state index in [1.165, 1.54) is 0 Å². The van der Waals surface area contributed by atoms with Crippen LogP contribution in [-0.2, 0) is 7.05 Å². The standard InChI is InChI=1S/C21H15N5S/c1-26-10-7-15-18(26)11-17(16-6-2-3-9-23-16)25-20(15)19-13-24-21(27-19)14-5-4-8-22-12-14/h2-13H,1H3. The van der Waals surface area contributed by atoms with Gasteiger partial charge >= 0.3 is 0 Å². The van der Waals surface area contributed by atoms with Crippen LogP contribution < -0.4 is 0 Å². The summed E-state index contributed by atoms with van der Waals surface area (Å²) in [6, 6.07) is 14.0. The van der Waals surface area contributed by atoms with E-state index in [0.29, 0.717) is 0 Å². The van der Waals surface area contributed by atoms with E-state index >= 15 is 0 Å². The van der Waals surface area contributed by atoms with Crippen LogP contribution >= 0.6 is 11.3 Å². The Morgan fingerprint density at radius 1 is 0.926 bits per heavy atom. The molecule has 0 spiro atoms. The number of hydrogen-bond acceptors (Lipinski definition) is 5. The molecule has 0 saturated heterocycles. The molecule has 0 fully saturated rings. The molecule has 5 aromatic heterocycles. The van der Waals surface area contributed by atoms with E-state index in [-0.39, 0.29) is 0 Å². The molecule has 0 aromatic carbocycles. The van der Waals surface area contributed by atoms with Gasteiger partial charge in [0.2, 0.25) is 0 Å². The summed E-state index contributed by atoms with van der Waals surface area (Å²) < 4.78 is 2.11. The fourth-order valence-corrected chi connectivity index (χ4v) is 4.01. The maximum absolute atomic E-state index is 4.94. The Kier molecular flexibility index (Phi) is 3.76. The van der Waals surface area contributed by atoms with Gasteiger partial charge in [0, 0.05) is 49.0 Å². The predicted octanol–water partition coefficient (Wildman–Crippen LogP) is 4.82. The van der Waals surface area contributed by atoms with Gasteiger partial charge in [0.05, 0.1) is 27.5 Å². The minimum Gasteiger partial charge on any atom is -0.350 e. The average Bonchev–Trinajstić information content (AvgIpc) is 3.36. The van der Waals surface area contributed by atoms with Crippen LogP contribution in [-0.4, -0.2) is 24.5 Å². The molecule has 5 nitrogen and oxygen atoms in total. The monoisotopic (exact) mass is 369 g/mol. The Hall–Kier alpha value is -3.38. The van der Waals surface area contributed by atoms with E-state index in [0.717, 1.165) is 43.4 Å². The Bertz CT molecular complexity index is 1230. The van der Waals surface area contributed by atoms with Gasteiger partial charge in [-0.05, 0) is 36.4 Å². The normalized spacial score (nSPS) is 11.1. The van der Waals surface area contributed by atoms with E-state index < -0.39 is 0 Å². The van der Waals surface area contributed by atoms with Crippen LogP contribution in [0.25, 0.3) is 43.4 Å². The van der Waals surface area contributed by atoms with Crippen LogP contribution in [0.15, 0.2) is 73.4 Å². The molecule has 0 N–H and O–H groups in total. The molecular formula is C21H15N5S. The third-order valence-corrected chi connectivity index (χ3v) is 5.51. The summed E-state index contributed by atoms with van der Waals surface area (Å²) in [7, 11) is 2.04. The van der Waals surface area contributed by atoms with Crippen molar-refractivity contribution in [2.75, 3.05) is 0 Å². The second kappa shape index (κ2) is 6.41. The van der Waals surface area contributed by atoms with E-state index in [1.54, 1.807) is 23.7 Å². The molecule has 0 saturated carbocycles. The molecule has 0 unspecified atom stereocenters. The highest BCUT2D eigenvalue weighted by Gasteiger charge is 2.15. The number of pyridine rings is 3. The zero-order chi connectivity index (χ0) is 18.2. The van der Waals surface area contributed by atoms with Crippen LogP contribution in [0.2, 0.25) is 0 Å². The van der Waals surface area contributed by atoms with Crippen molar-refractivity contribution in [3.63, 3.8) is 0 Å². The first-order valence-corrected chi connectivity index (χ1v) is 9.35. The molecule has 0 amide bonds. The fraction of sp³-hybridized carbons (Fsp3) is 0.0476. The third-order valence-electron chi connectivity index (χ3n) is 4.46. The maximum atomic E-state index is 4.94. The summed E-state index contributed by atoms with van der Waals surface area (Å²) in [6.07, 6.45) is 9.34. The van der Waals surface area contributed by atoms with E-state index in [2.05, 4.69) is 37.8 Å². The number of aryl methyl sites for hydroxylation is 1. The fourth-order valence-electron chi connectivity index (χ4n) is 3.10. The lowest BCUT2D eigenvalue weighted by molar-refractivity contribution is 0.968. The molecule has 5 rings (SSSR count). The Morgan fingerprint density at radius 3 is 2.70 bits per heavy atom.